The summed E-state index contributed by atoms with van der Waals surface area (Å²) >= 11 is 0. The van der Waals surface area contributed by atoms with Crippen LogP contribution in [0.2, 0.25) is 0 Å². The standard InChI is InChI=1S/C20H19NO3/c22-19(10-5-11-20(23)24)21-14-17-8-2-1-6-15(17)12-13-16-7-3-4-9-18(16)21/h1-2,4,6,8-9H,3,5,7,10-11,14H2,(H,23,24). The monoisotopic (exact) mass is 321 g/mol. The third-order valence-electron chi connectivity index (χ3n) is 4.21. The van der Waals surface area contributed by atoms with E-state index in [1.54, 1.807) is 4.90 Å². The molecule has 1 aliphatic heterocycles. The van der Waals surface area contributed by atoms with Crippen LogP contribution in [0.4, 0.5) is 0 Å². The van der Waals surface area contributed by atoms with Crippen molar-refractivity contribution in [3.63, 3.8) is 0 Å². The second kappa shape index (κ2) is 7.18. The van der Waals surface area contributed by atoms with E-state index in [0.29, 0.717) is 13.0 Å². The Morgan fingerprint density at radius 2 is 2.00 bits per heavy atom. The molecule has 1 heterocycles. The van der Waals surface area contributed by atoms with Crippen LogP contribution >= 0.6 is 0 Å². The summed E-state index contributed by atoms with van der Waals surface area (Å²) in [6.07, 6.45) is 6.38. The normalized spacial score (nSPS) is 15.6. The second-order valence-electron chi connectivity index (χ2n) is 5.94. The predicted octanol–water partition coefficient (Wildman–Crippen LogP) is 3.24. The van der Waals surface area contributed by atoms with Gasteiger partial charge in [0.2, 0.25) is 5.91 Å². The van der Waals surface area contributed by atoms with E-state index < -0.39 is 5.97 Å². The molecule has 1 aromatic carbocycles. The van der Waals surface area contributed by atoms with Gasteiger partial charge in [-0.05, 0) is 37.0 Å². The lowest BCUT2D eigenvalue weighted by Crippen LogP contribution is -2.31. The van der Waals surface area contributed by atoms with Gasteiger partial charge in [0, 0.05) is 24.0 Å². The number of aliphatic carboxylic acids is 1. The number of benzene rings is 1. The molecule has 1 aliphatic carbocycles. The van der Waals surface area contributed by atoms with E-state index in [1.807, 2.05) is 30.3 Å². The van der Waals surface area contributed by atoms with Gasteiger partial charge in [-0.15, -0.1) is 0 Å². The number of carbonyl (C=O) groups excluding carboxylic acids is 1. The van der Waals surface area contributed by atoms with Gasteiger partial charge in [0.1, 0.15) is 0 Å². The van der Waals surface area contributed by atoms with Crippen molar-refractivity contribution >= 4 is 11.9 Å². The van der Waals surface area contributed by atoms with Gasteiger partial charge >= 0.3 is 5.97 Å². The molecule has 1 amide bonds. The van der Waals surface area contributed by atoms with Crippen LogP contribution in [0.3, 0.4) is 0 Å². The van der Waals surface area contributed by atoms with E-state index >= 15 is 0 Å². The fourth-order valence-electron chi connectivity index (χ4n) is 2.96. The molecule has 122 valence electrons. The van der Waals surface area contributed by atoms with Gasteiger partial charge in [0.15, 0.2) is 0 Å². The highest BCUT2D eigenvalue weighted by Crippen LogP contribution is 2.27. The third-order valence-corrected chi connectivity index (χ3v) is 4.21. The molecule has 0 fully saturated rings. The van der Waals surface area contributed by atoms with Crippen molar-refractivity contribution < 1.29 is 14.7 Å². The molecule has 3 rings (SSSR count). The van der Waals surface area contributed by atoms with Gasteiger partial charge in [-0.25, -0.2) is 0 Å². The van der Waals surface area contributed by atoms with E-state index in [9.17, 15) is 9.59 Å². The Morgan fingerprint density at radius 1 is 1.17 bits per heavy atom. The van der Waals surface area contributed by atoms with Crippen molar-refractivity contribution in [2.45, 2.75) is 38.6 Å². The molecule has 0 spiro atoms. The van der Waals surface area contributed by atoms with Crippen LogP contribution in [0.1, 0.15) is 43.2 Å². The lowest BCUT2D eigenvalue weighted by Gasteiger charge is -2.28. The number of allylic oxidation sites excluding steroid dienone is 3. The van der Waals surface area contributed by atoms with Crippen LogP contribution in [-0.4, -0.2) is 21.9 Å². The van der Waals surface area contributed by atoms with E-state index in [0.717, 1.165) is 35.2 Å². The number of hydrogen-bond donors (Lipinski definition) is 1. The Bertz CT molecular complexity index is 793. The highest BCUT2D eigenvalue weighted by molar-refractivity contribution is 5.80. The SMILES string of the molecule is O=C(O)CCCC(=O)N1Cc2ccccc2C#CC2=C1C=CCC2. The fraction of sp³-hybridized carbons (Fsp3) is 0.300. The molecular weight excluding hydrogens is 302 g/mol. The van der Waals surface area contributed by atoms with E-state index in [4.69, 9.17) is 5.11 Å². The minimum Gasteiger partial charge on any atom is -0.481 e. The average molecular weight is 321 g/mol. The Balaban J connectivity index is 1.92. The second-order valence-corrected chi connectivity index (χ2v) is 5.94. The number of carbonyl (C=O) groups is 2. The fourth-order valence-corrected chi connectivity index (χ4v) is 2.96. The average Bonchev–Trinajstić information content (AvgIpc) is 2.56. The topological polar surface area (TPSA) is 57.6 Å². The van der Waals surface area contributed by atoms with Gasteiger partial charge in [-0.1, -0.05) is 36.1 Å². The molecule has 4 heteroatoms. The number of carboxylic acids is 1. The first-order valence-electron chi connectivity index (χ1n) is 8.17. The van der Waals surface area contributed by atoms with E-state index in [-0.39, 0.29) is 18.7 Å². The zero-order valence-corrected chi connectivity index (χ0v) is 13.4. The summed E-state index contributed by atoms with van der Waals surface area (Å²) in [5.41, 5.74) is 3.81. The molecule has 0 saturated heterocycles. The van der Waals surface area contributed by atoms with Crippen molar-refractivity contribution in [1.82, 2.24) is 4.90 Å². The van der Waals surface area contributed by atoms with Crippen molar-refractivity contribution in [2.24, 2.45) is 0 Å². The molecule has 2 aliphatic rings. The first-order chi connectivity index (χ1) is 11.6. The molecule has 0 saturated carbocycles. The Hall–Kier alpha value is -2.80. The molecule has 0 radical (unpaired) electrons. The number of hydrogen-bond acceptors (Lipinski definition) is 2. The van der Waals surface area contributed by atoms with Gasteiger partial charge in [0.05, 0.1) is 12.2 Å². The van der Waals surface area contributed by atoms with Gasteiger partial charge in [-0.3, -0.25) is 9.59 Å². The number of fused-ring (bicyclic) bond motifs is 1. The molecule has 1 aromatic rings. The summed E-state index contributed by atoms with van der Waals surface area (Å²) in [6, 6.07) is 7.85. The maximum atomic E-state index is 12.7. The van der Waals surface area contributed by atoms with Crippen molar-refractivity contribution in [3.8, 4) is 11.8 Å². The summed E-state index contributed by atoms with van der Waals surface area (Å²) in [6.45, 7) is 0.472. The number of carboxylic acid groups (broad SMARTS) is 1. The van der Waals surface area contributed by atoms with Crippen LogP contribution in [0.5, 0.6) is 0 Å². The number of amides is 1. The van der Waals surface area contributed by atoms with Crippen LogP contribution in [0.15, 0.2) is 47.7 Å². The first kappa shape index (κ1) is 16.1. The quantitative estimate of drug-likeness (QED) is 0.866. The lowest BCUT2D eigenvalue weighted by molar-refractivity contribution is -0.137. The minimum absolute atomic E-state index is 0.0116. The van der Waals surface area contributed by atoms with Crippen LogP contribution < -0.4 is 0 Å². The largest absolute Gasteiger partial charge is 0.481 e. The van der Waals surface area contributed by atoms with Gasteiger partial charge in [0.25, 0.3) is 0 Å². The first-order valence-corrected chi connectivity index (χ1v) is 8.17. The Morgan fingerprint density at radius 3 is 2.83 bits per heavy atom. The summed E-state index contributed by atoms with van der Waals surface area (Å²) in [7, 11) is 0. The summed E-state index contributed by atoms with van der Waals surface area (Å²) < 4.78 is 0. The Labute approximate surface area is 141 Å². The van der Waals surface area contributed by atoms with Gasteiger partial charge < -0.3 is 10.0 Å². The Kier molecular flexibility index (Phi) is 4.81. The molecule has 0 bridgehead atoms. The lowest BCUT2D eigenvalue weighted by atomic mass is 9.97. The number of nitrogens with zero attached hydrogens (tertiary/aromatic N) is 1. The predicted molar refractivity (Wildman–Crippen MR) is 90.8 cm³/mol. The van der Waals surface area contributed by atoms with Crippen molar-refractivity contribution in [1.29, 1.82) is 0 Å². The highest BCUT2D eigenvalue weighted by atomic mass is 16.4. The maximum absolute atomic E-state index is 12.7. The van der Waals surface area contributed by atoms with Gasteiger partial charge in [-0.2, -0.15) is 0 Å². The molecular formula is C20H19NO3. The maximum Gasteiger partial charge on any atom is 0.303 e. The third kappa shape index (κ3) is 3.57. The van der Waals surface area contributed by atoms with Crippen molar-refractivity contribution in [2.75, 3.05) is 0 Å². The summed E-state index contributed by atoms with van der Waals surface area (Å²) in [5, 5.41) is 8.77. The summed E-state index contributed by atoms with van der Waals surface area (Å²) in [5.74, 6) is 5.54. The van der Waals surface area contributed by atoms with E-state index in [1.165, 1.54) is 0 Å². The smallest absolute Gasteiger partial charge is 0.303 e. The number of rotatable bonds is 4. The van der Waals surface area contributed by atoms with E-state index in [2.05, 4.69) is 17.9 Å². The summed E-state index contributed by atoms with van der Waals surface area (Å²) in [4.78, 5) is 25.2. The highest BCUT2D eigenvalue weighted by Gasteiger charge is 2.23. The molecule has 24 heavy (non-hydrogen) atoms. The molecule has 1 N–H and O–H groups in total. The zero-order chi connectivity index (χ0) is 16.9. The van der Waals surface area contributed by atoms with Crippen LogP contribution in [0, 0.1) is 11.8 Å². The van der Waals surface area contributed by atoms with Crippen LogP contribution in [0.25, 0.3) is 0 Å². The molecule has 0 atom stereocenters. The van der Waals surface area contributed by atoms with Crippen molar-refractivity contribution in [3.05, 3.63) is 58.8 Å². The minimum atomic E-state index is -0.871. The molecule has 0 aromatic heterocycles. The molecule has 0 unspecified atom stereocenters. The van der Waals surface area contributed by atoms with Crippen LogP contribution in [-0.2, 0) is 16.1 Å². The molecule has 4 nitrogen and oxygen atoms in total. The zero-order valence-electron chi connectivity index (χ0n) is 13.4.